The summed E-state index contributed by atoms with van der Waals surface area (Å²) in [7, 11) is -3.67. The zero-order chi connectivity index (χ0) is 20.5. The smallest absolute Gasteiger partial charge is 0.241 e. The Hall–Kier alpha value is -2.74. The molecule has 150 valence electrons. The lowest BCUT2D eigenvalue weighted by molar-refractivity contribution is -0.120. The van der Waals surface area contributed by atoms with E-state index in [-0.39, 0.29) is 19.4 Å². The number of carbonyl (C=O) groups excluding carboxylic acids is 1. The van der Waals surface area contributed by atoms with Gasteiger partial charge in [0.15, 0.2) is 11.5 Å². The molecule has 0 radical (unpaired) electrons. The highest BCUT2D eigenvalue weighted by atomic mass is 32.2. The molecule has 0 bridgehead atoms. The summed E-state index contributed by atoms with van der Waals surface area (Å²) in [6.45, 7) is 5.67. The van der Waals surface area contributed by atoms with Gasteiger partial charge in [0.25, 0.3) is 0 Å². The molecule has 7 nitrogen and oxygen atoms in total. The first-order valence-electron chi connectivity index (χ1n) is 8.89. The van der Waals surface area contributed by atoms with Gasteiger partial charge in [-0.15, -0.1) is 0 Å². The average molecular weight is 404 g/mol. The van der Waals surface area contributed by atoms with E-state index in [0.717, 1.165) is 21.7 Å². The van der Waals surface area contributed by atoms with Crippen molar-refractivity contribution in [1.29, 1.82) is 0 Å². The zero-order valence-electron chi connectivity index (χ0n) is 16.4. The van der Waals surface area contributed by atoms with Gasteiger partial charge in [-0.25, -0.2) is 8.42 Å². The van der Waals surface area contributed by atoms with Gasteiger partial charge in [0.2, 0.25) is 22.7 Å². The topological polar surface area (TPSA) is 84.9 Å². The van der Waals surface area contributed by atoms with Crippen LogP contribution in [0.25, 0.3) is 0 Å². The molecular formula is C20H24N2O5S. The summed E-state index contributed by atoms with van der Waals surface area (Å²) in [6.07, 6.45) is 1.07. The monoisotopic (exact) mass is 404 g/mol. The van der Waals surface area contributed by atoms with E-state index in [1.54, 1.807) is 18.2 Å². The number of hydrogen-bond donors (Lipinski definition) is 1. The van der Waals surface area contributed by atoms with E-state index in [9.17, 15) is 13.2 Å². The number of nitrogens with one attached hydrogen (secondary N) is 1. The second-order valence-electron chi connectivity index (χ2n) is 6.94. The van der Waals surface area contributed by atoms with Gasteiger partial charge in [-0.1, -0.05) is 18.2 Å². The Labute approximate surface area is 165 Å². The molecule has 2 aromatic rings. The van der Waals surface area contributed by atoms with Crippen molar-refractivity contribution >= 4 is 21.6 Å². The SMILES string of the molecule is Cc1ccc([C@@H](C)NC(=O)CN(c2ccc3c(c2)OCO3)S(C)(=O)=O)cc1C. The summed E-state index contributed by atoms with van der Waals surface area (Å²) >= 11 is 0. The minimum atomic E-state index is -3.67. The fraction of sp³-hybridized carbons (Fsp3) is 0.350. The predicted molar refractivity (Wildman–Crippen MR) is 107 cm³/mol. The Morgan fingerprint density at radius 2 is 1.82 bits per heavy atom. The minimum absolute atomic E-state index is 0.0889. The molecule has 1 aliphatic heterocycles. The lowest BCUT2D eigenvalue weighted by Gasteiger charge is -2.23. The lowest BCUT2D eigenvalue weighted by atomic mass is 10.0. The van der Waals surface area contributed by atoms with Crippen LogP contribution in [0.5, 0.6) is 11.5 Å². The number of carbonyl (C=O) groups is 1. The quantitative estimate of drug-likeness (QED) is 0.800. The van der Waals surface area contributed by atoms with Crippen molar-refractivity contribution in [1.82, 2.24) is 5.32 Å². The van der Waals surface area contributed by atoms with Gasteiger partial charge in [0, 0.05) is 6.07 Å². The number of nitrogens with zero attached hydrogens (tertiary/aromatic N) is 1. The molecule has 1 heterocycles. The second-order valence-corrected chi connectivity index (χ2v) is 8.85. The summed E-state index contributed by atoms with van der Waals surface area (Å²) in [6, 6.07) is 10.5. The Balaban J connectivity index is 1.76. The van der Waals surface area contributed by atoms with Crippen molar-refractivity contribution in [2.45, 2.75) is 26.8 Å². The lowest BCUT2D eigenvalue weighted by Crippen LogP contribution is -2.41. The van der Waals surface area contributed by atoms with Crippen LogP contribution in [0.4, 0.5) is 5.69 Å². The summed E-state index contributed by atoms with van der Waals surface area (Å²) in [5.74, 6) is 0.605. The van der Waals surface area contributed by atoms with Crippen molar-refractivity contribution in [2.24, 2.45) is 0 Å². The number of anilines is 1. The molecule has 0 fully saturated rings. The average Bonchev–Trinajstić information content (AvgIpc) is 3.08. The first kappa shape index (κ1) is 20.0. The summed E-state index contributed by atoms with van der Waals surface area (Å²) < 4.78 is 36.2. The van der Waals surface area contributed by atoms with Gasteiger partial charge in [-0.05, 0) is 49.6 Å². The van der Waals surface area contributed by atoms with Crippen LogP contribution < -0.4 is 19.1 Å². The highest BCUT2D eigenvalue weighted by Gasteiger charge is 2.24. The van der Waals surface area contributed by atoms with E-state index in [1.165, 1.54) is 5.56 Å². The van der Waals surface area contributed by atoms with E-state index in [0.29, 0.717) is 17.2 Å². The third-order valence-corrected chi connectivity index (χ3v) is 5.88. The van der Waals surface area contributed by atoms with Crippen LogP contribution in [-0.2, 0) is 14.8 Å². The number of fused-ring (bicyclic) bond motifs is 1. The molecule has 1 atom stereocenters. The van der Waals surface area contributed by atoms with Gasteiger partial charge >= 0.3 is 0 Å². The maximum Gasteiger partial charge on any atom is 0.241 e. The number of ether oxygens (including phenoxy) is 2. The molecule has 0 aliphatic carbocycles. The number of amides is 1. The normalized spacial score (nSPS) is 13.9. The number of sulfonamides is 1. The molecular weight excluding hydrogens is 380 g/mol. The number of hydrogen-bond acceptors (Lipinski definition) is 5. The Morgan fingerprint density at radius 1 is 1.11 bits per heavy atom. The summed E-state index contributed by atoms with van der Waals surface area (Å²) in [5.41, 5.74) is 3.62. The molecule has 0 unspecified atom stereocenters. The first-order chi connectivity index (χ1) is 13.1. The molecule has 2 aromatic carbocycles. The largest absolute Gasteiger partial charge is 0.454 e. The highest BCUT2D eigenvalue weighted by molar-refractivity contribution is 7.92. The van der Waals surface area contributed by atoms with Crippen molar-refractivity contribution in [3.05, 3.63) is 53.1 Å². The molecule has 1 amide bonds. The van der Waals surface area contributed by atoms with Gasteiger partial charge in [-0.3, -0.25) is 9.10 Å². The fourth-order valence-corrected chi connectivity index (χ4v) is 3.82. The molecule has 0 aromatic heterocycles. The Morgan fingerprint density at radius 3 is 2.50 bits per heavy atom. The van der Waals surface area contributed by atoms with Crippen molar-refractivity contribution in [2.75, 3.05) is 23.9 Å². The van der Waals surface area contributed by atoms with E-state index in [4.69, 9.17) is 9.47 Å². The molecule has 0 saturated heterocycles. The van der Waals surface area contributed by atoms with Crippen LogP contribution in [0, 0.1) is 13.8 Å². The second kappa shape index (κ2) is 7.71. The summed E-state index contributed by atoms with van der Waals surface area (Å²) in [5, 5.41) is 2.87. The third kappa shape index (κ3) is 4.39. The van der Waals surface area contributed by atoms with Gasteiger partial charge in [0.05, 0.1) is 18.0 Å². The third-order valence-electron chi connectivity index (χ3n) is 4.74. The Bertz CT molecular complexity index is 1000. The molecule has 1 aliphatic rings. The minimum Gasteiger partial charge on any atom is -0.454 e. The van der Waals surface area contributed by atoms with E-state index in [2.05, 4.69) is 5.32 Å². The fourth-order valence-electron chi connectivity index (χ4n) is 2.98. The summed E-state index contributed by atoms with van der Waals surface area (Å²) in [4.78, 5) is 12.6. The van der Waals surface area contributed by atoms with Crippen LogP contribution in [0.2, 0.25) is 0 Å². The van der Waals surface area contributed by atoms with Crippen LogP contribution in [0.1, 0.15) is 29.7 Å². The van der Waals surface area contributed by atoms with Crippen LogP contribution in [0.15, 0.2) is 36.4 Å². The van der Waals surface area contributed by atoms with Gasteiger partial charge < -0.3 is 14.8 Å². The maximum absolute atomic E-state index is 12.6. The molecule has 3 rings (SSSR count). The number of rotatable bonds is 6. The van der Waals surface area contributed by atoms with E-state index in [1.807, 2.05) is 39.0 Å². The van der Waals surface area contributed by atoms with Crippen LogP contribution in [-0.4, -0.2) is 33.9 Å². The van der Waals surface area contributed by atoms with Crippen molar-refractivity contribution in [3.8, 4) is 11.5 Å². The molecule has 0 saturated carbocycles. The maximum atomic E-state index is 12.6. The van der Waals surface area contributed by atoms with Crippen molar-refractivity contribution < 1.29 is 22.7 Å². The standard InChI is InChI=1S/C20H24N2O5S/c1-13-5-6-16(9-14(13)2)15(3)21-20(23)11-22(28(4,24)25)17-7-8-18-19(10-17)27-12-26-18/h5-10,15H,11-12H2,1-4H3,(H,21,23)/t15-/m1/s1. The number of aryl methyl sites for hydroxylation is 2. The first-order valence-corrected chi connectivity index (χ1v) is 10.7. The molecule has 8 heteroatoms. The van der Waals surface area contributed by atoms with Gasteiger partial charge in [0.1, 0.15) is 6.54 Å². The predicted octanol–water partition coefficient (Wildman–Crippen LogP) is 2.68. The van der Waals surface area contributed by atoms with Crippen LogP contribution in [0.3, 0.4) is 0 Å². The Kier molecular flexibility index (Phi) is 5.51. The highest BCUT2D eigenvalue weighted by Crippen LogP contribution is 2.36. The zero-order valence-corrected chi connectivity index (χ0v) is 17.2. The van der Waals surface area contributed by atoms with Crippen LogP contribution >= 0.6 is 0 Å². The molecule has 28 heavy (non-hydrogen) atoms. The molecule has 1 N–H and O–H groups in total. The van der Waals surface area contributed by atoms with Crippen molar-refractivity contribution in [3.63, 3.8) is 0 Å². The van der Waals surface area contributed by atoms with E-state index >= 15 is 0 Å². The van der Waals surface area contributed by atoms with E-state index < -0.39 is 15.9 Å². The molecule has 0 spiro atoms. The van der Waals surface area contributed by atoms with Gasteiger partial charge in [-0.2, -0.15) is 0 Å². The number of benzene rings is 2.